The molecule has 0 saturated heterocycles. The molecule has 0 aliphatic heterocycles. The number of nitrogens with one attached hydrogen (secondary N) is 1. The number of ether oxygens (including phenoxy) is 3. The van der Waals surface area contributed by atoms with E-state index >= 15 is 0 Å². The Morgan fingerprint density at radius 2 is 1.54 bits per heavy atom. The molecule has 1 aromatic rings. The van der Waals surface area contributed by atoms with Crippen LogP contribution in [0.2, 0.25) is 0 Å². The summed E-state index contributed by atoms with van der Waals surface area (Å²) in [5.74, 6) is 1.44. The molecule has 5 heteroatoms. The molecule has 0 saturated carbocycles. The second-order valence-electron chi connectivity index (χ2n) is 7.18. The molecule has 0 amide bonds. The smallest absolute Gasteiger partial charge is 0.158 e. The summed E-state index contributed by atoms with van der Waals surface area (Å²) in [4.78, 5) is 11.5. The van der Waals surface area contributed by atoms with Crippen molar-refractivity contribution in [1.82, 2.24) is 0 Å². The van der Waals surface area contributed by atoms with Crippen molar-refractivity contribution in [3.05, 3.63) is 24.3 Å². The van der Waals surface area contributed by atoms with Crippen LogP contribution in [0.1, 0.15) is 47.0 Å². The number of carbonyl (C=O) groups is 1. The second-order valence-corrected chi connectivity index (χ2v) is 7.18. The van der Waals surface area contributed by atoms with Crippen LogP contribution in [0.15, 0.2) is 24.3 Å². The highest BCUT2D eigenvalue weighted by atomic mass is 16.5. The zero-order chi connectivity index (χ0) is 19.2. The average molecular weight is 366 g/mol. The van der Waals surface area contributed by atoms with Crippen LogP contribution in [0.4, 0.5) is 5.69 Å². The summed E-state index contributed by atoms with van der Waals surface area (Å²) < 4.78 is 16.6. The van der Waals surface area contributed by atoms with Gasteiger partial charge in [-0.2, -0.15) is 0 Å². The second kappa shape index (κ2) is 13.6. The fourth-order valence-electron chi connectivity index (χ4n) is 2.40. The van der Waals surface area contributed by atoms with Gasteiger partial charge in [0.2, 0.25) is 0 Å². The highest BCUT2D eigenvalue weighted by molar-refractivity contribution is 5.79. The van der Waals surface area contributed by atoms with Crippen molar-refractivity contribution in [2.24, 2.45) is 5.92 Å². The Morgan fingerprint density at radius 1 is 0.923 bits per heavy atom. The summed E-state index contributed by atoms with van der Waals surface area (Å²) in [5.41, 5.74) is 1.10. The van der Waals surface area contributed by atoms with E-state index < -0.39 is 0 Å². The Morgan fingerprint density at radius 3 is 2.15 bits per heavy atom. The predicted octanol–water partition coefficient (Wildman–Crippen LogP) is 4.31. The maximum absolute atomic E-state index is 11.5. The lowest BCUT2D eigenvalue weighted by molar-refractivity contribution is -0.124. The maximum Gasteiger partial charge on any atom is 0.158 e. The van der Waals surface area contributed by atoms with Gasteiger partial charge in [-0.1, -0.05) is 13.8 Å². The molecule has 1 aromatic carbocycles. The molecule has 148 valence electrons. The normalized spacial score (nSPS) is 11.2. The highest BCUT2D eigenvalue weighted by Gasteiger charge is 2.04. The number of rotatable bonds is 15. The Kier molecular flexibility index (Phi) is 11.7. The molecule has 0 fully saturated rings. The molecule has 0 bridgehead atoms. The third-order valence-electron chi connectivity index (χ3n) is 3.49. The molecule has 0 aliphatic carbocycles. The van der Waals surface area contributed by atoms with Gasteiger partial charge in [-0.15, -0.1) is 0 Å². The van der Waals surface area contributed by atoms with E-state index in [1.165, 1.54) is 0 Å². The largest absolute Gasteiger partial charge is 0.494 e. The Balaban J connectivity index is 1.94. The molecular formula is C21H35NO4. The summed E-state index contributed by atoms with van der Waals surface area (Å²) >= 11 is 0. The van der Waals surface area contributed by atoms with Crippen LogP contribution in [0.25, 0.3) is 0 Å². The Hall–Kier alpha value is -1.59. The van der Waals surface area contributed by atoms with E-state index in [4.69, 9.17) is 14.2 Å². The Bertz CT molecular complexity index is 485. The molecule has 0 radical (unpaired) electrons. The van der Waals surface area contributed by atoms with E-state index in [1.54, 1.807) is 0 Å². The quantitative estimate of drug-likeness (QED) is 0.469. The van der Waals surface area contributed by atoms with Gasteiger partial charge in [0.15, 0.2) is 5.78 Å². The van der Waals surface area contributed by atoms with Gasteiger partial charge in [-0.25, -0.2) is 0 Å². The average Bonchev–Trinajstić information content (AvgIpc) is 2.57. The molecule has 0 aromatic heterocycles. The van der Waals surface area contributed by atoms with Crippen LogP contribution in [-0.4, -0.2) is 44.9 Å². The van der Waals surface area contributed by atoms with Crippen LogP contribution in [0.3, 0.4) is 0 Å². The van der Waals surface area contributed by atoms with Crippen LogP contribution in [-0.2, 0) is 14.3 Å². The van der Waals surface area contributed by atoms with Crippen molar-refractivity contribution in [2.75, 3.05) is 38.4 Å². The lowest BCUT2D eigenvalue weighted by Gasteiger charge is -2.11. The summed E-state index contributed by atoms with van der Waals surface area (Å²) in [6.45, 7) is 11.0. The first kappa shape index (κ1) is 22.5. The molecule has 1 N–H and O–H groups in total. The van der Waals surface area contributed by atoms with Crippen molar-refractivity contribution < 1.29 is 19.0 Å². The molecule has 0 aliphatic rings. The van der Waals surface area contributed by atoms with Gasteiger partial charge < -0.3 is 19.5 Å². The molecule has 0 unspecified atom stereocenters. The summed E-state index contributed by atoms with van der Waals surface area (Å²) in [5, 5.41) is 3.35. The zero-order valence-electron chi connectivity index (χ0n) is 16.8. The molecule has 0 heterocycles. The van der Waals surface area contributed by atoms with Crippen LogP contribution < -0.4 is 10.1 Å². The highest BCUT2D eigenvalue weighted by Crippen LogP contribution is 2.16. The lowest BCUT2D eigenvalue weighted by atomic mass is 10.1. The minimum absolute atomic E-state index is 0.172. The van der Waals surface area contributed by atoms with Gasteiger partial charge in [0.05, 0.1) is 6.61 Å². The third-order valence-corrected chi connectivity index (χ3v) is 3.49. The van der Waals surface area contributed by atoms with E-state index in [-0.39, 0.29) is 12.4 Å². The zero-order valence-corrected chi connectivity index (χ0v) is 16.8. The van der Waals surface area contributed by atoms with Crippen molar-refractivity contribution in [2.45, 2.75) is 53.0 Å². The van der Waals surface area contributed by atoms with E-state index in [0.29, 0.717) is 44.8 Å². The third kappa shape index (κ3) is 11.9. The first-order valence-corrected chi connectivity index (χ1v) is 9.64. The number of hydrogen-bond donors (Lipinski definition) is 1. The minimum Gasteiger partial charge on any atom is -0.494 e. The first-order chi connectivity index (χ1) is 12.5. The standard InChI is InChI=1S/C21H35NO4/c1-17(2)15-20(23)16-25-13-5-11-24-12-6-14-26-21-9-7-19(8-10-21)22-18(3)4/h7-10,17-18,22H,5-6,11-16H2,1-4H3. The number of carbonyl (C=O) groups excluding carboxylic acids is 1. The van der Waals surface area contributed by atoms with Crippen molar-refractivity contribution in [3.63, 3.8) is 0 Å². The van der Waals surface area contributed by atoms with E-state index in [0.717, 1.165) is 24.3 Å². The van der Waals surface area contributed by atoms with Crippen molar-refractivity contribution >= 4 is 11.5 Å². The molecule has 5 nitrogen and oxygen atoms in total. The van der Waals surface area contributed by atoms with E-state index in [9.17, 15) is 4.79 Å². The first-order valence-electron chi connectivity index (χ1n) is 9.64. The number of benzene rings is 1. The molecule has 0 spiro atoms. The lowest BCUT2D eigenvalue weighted by Crippen LogP contribution is -2.12. The molecule has 0 atom stereocenters. The predicted molar refractivity (Wildman–Crippen MR) is 106 cm³/mol. The number of anilines is 1. The minimum atomic E-state index is 0.172. The molecule has 1 rings (SSSR count). The van der Waals surface area contributed by atoms with Gasteiger partial charge in [-0.05, 0) is 50.5 Å². The number of ketones is 1. The van der Waals surface area contributed by atoms with Crippen LogP contribution in [0, 0.1) is 5.92 Å². The van der Waals surface area contributed by atoms with E-state index in [2.05, 4.69) is 19.2 Å². The Labute approximate surface area is 158 Å². The fourth-order valence-corrected chi connectivity index (χ4v) is 2.40. The topological polar surface area (TPSA) is 56.8 Å². The SMILES string of the molecule is CC(C)CC(=O)COCCCOCCCOc1ccc(NC(C)C)cc1. The van der Waals surface area contributed by atoms with Crippen molar-refractivity contribution in [3.8, 4) is 5.75 Å². The van der Waals surface area contributed by atoms with Gasteiger partial charge >= 0.3 is 0 Å². The van der Waals surface area contributed by atoms with Crippen LogP contribution >= 0.6 is 0 Å². The number of hydrogen-bond acceptors (Lipinski definition) is 5. The van der Waals surface area contributed by atoms with Crippen LogP contribution in [0.5, 0.6) is 5.75 Å². The number of Topliss-reactive ketones (excluding diaryl/α,β-unsaturated/α-hetero) is 1. The summed E-state index contributed by atoms with van der Waals surface area (Å²) in [7, 11) is 0. The monoisotopic (exact) mass is 365 g/mol. The van der Waals surface area contributed by atoms with Crippen molar-refractivity contribution in [1.29, 1.82) is 0 Å². The summed E-state index contributed by atoms with van der Waals surface area (Å²) in [6.07, 6.45) is 2.24. The van der Waals surface area contributed by atoms with Gasteiger partial charge in [0.1, 0.15) is 12.4 Å². The van der Waals surface area contributed by atoms with Gasteiger partial charge in [0, 0.05) is 44.4 Å². The van der Waals surface area contributed by atoms with E-state index in [1.807, 2.05) is 38.1 Å². The van der Waals surface area contributed by atoms with Gasteiger partial charge in [0.25, 0.3) is 0 Å². The maximum atomic E-state index is 11.5. The molecular weight excluding hydrogens is 330 g/mol. The fraction of sp³-hybridized carbons (Fsp3) is 0.667. The summed E-state index contributed by atoms with van der Waals surface area (Å²) in [6, 6.07) is 8.42. The molecule has 26 heavy (non-hydrogen) atoms. The van der Waals surface area contributed by atoms with Gasteiger partial charge in [-0.3, -0.25) is 4.79 Å².